The van der Waals surface area contributed by atoms with E-state index >= 15 is 0 Å². The molecule has 4 N–H and O–H groups in total. The van der Waals surface area contributed by atoms with Gasteiger partial charge in [0.1, 0.15) is 5.75 Å². The van der Waals surface area contributed by atoms with Gasteiger partial charge in [0, 0.05) is 64.8 Å². The maximum atomic E-state index is 12.4. The summed E-state index contributed by atoms with van der Waals surface area (Å²) in [5.41, 5.74) is 5.72. The van der Waals surface area contributed by atoms with Crippen LogP contribution in [0.15, 0.2) is 72.8 Å². The Kier molecular flexibility index (Phi) is 19.3. The van der Waals surface area contributed by atoms with Gasteiger partial charge in [-0.2, -0.15) is 13.2 Å². The second-order valence-electron chi connectivity index (χ2n) is 12.2. The Morgan fingerprint density at radius 1 is 0.882 bits per heavy atom. The van der Waals surface area contributed by atoms with Crippen molar-refractivity contribution >= 4 is 17.8 Å². The second-order valence-corrected chi connectivity index (χ2v) is 12.2. The van der Waals surface area contributed by atoms with Crippen molar-refractivity contribution in [1.82, 2.24) is 20.4 Å². The highest BCUT2D eigenvalue weighted by Crippen LogP contribution is 2.32. The lowest BCUT2D eigenvalue weighted by Crippen LogP contribution is -2.40. The molecule has 1 amide bonds. The minimum absolute atomic E-state index is 0.0605. The third kappa shape index (κ3) is 17.9. The number of guanidine groups is 1. The molecule has 0 atom stereocenters. The minimum Gasteiger partial charge on any atom is -0.493 e. The van der Waals surface area contributed by atoms with Crippen LogP contribution in [-0.4, -0.2) is 93.0 Å². The molecule has 0 bridgehead atoms. The van der Waals surface area contributed by atoms with Crippen molar-refractivity contribution in [3.8, 4) is 16.9 Å². The number of unbranched alkanes of at least 4 members (excludes halogenated alkanes) is 1. The molecule has 0 aliphatic rings. The quantitative estimate of drug-likeness (QED) is 0.0644. The predicted molar refractivity (Wildman–Crippen MR) is 194 cm³/mol. The number of nitrogens with one attached hydrogen (secondary N) is 3. The number of likely N-dealkylation sites (N-methyl/N-ethyl adjacent to an activating group) is 1. The van der Waals surface area contributed by atoms with E-state index in [4.69, 9.17) is 24.8 Å². The molecule has 0 aromatic heterocycles. The number of carbonyl (C=O) groups is 2. The number of hydrogen-bond donors (Lipinski definition) is 4. The highest BCUT2D eigenvalue weighted by Gasteiger charge is 2.38. The first-order valence-corrected chi connectivity index (χ1v) is 17.0. The number of ether oxygens (including phenoxy) is 2. The molecular formula is C38H52F3N5O5. The Balaban J connectivity index is 0.00000116. The standard InChI is InChI=1S/C36H51N5O3.C2HF3O2/c1-5-6-21-38-36(37)39-35(42)20-16-29-15-19-33(34(26-29)44-25-10-24-43-4)32-17-13-31(14-18-32)28-41(23-22-40(2)3)27-30-11-8-7-9-12-30;3-2(4,5)1(6)7/h7-9,11-15,17-19,26H,5-6,10,16,20-25,27-28H2,1-4H3,(H3,37,38,39,42);(H,6,7). The largest absolute Gasteiger partial charge is 0.493 e. The van der Waals surface area contributed by atoms with Gasteiger partial charge in [-0.3, -0.25) is 20.4 Å². The molecule has 13 heteroatoms. The summed E-state index contributed by atoms with van der Waals surface area (Å²) >= 11 is 0. The first-order valence-electron chi connectivity index (χ1n) is 17.0. The van der Waals surface area contributed by atoms with Crippen LogP contribution in [0.2, 0.25) is 0 Å². The Hall–Kier alpha value is -4.46. The monoisotopic (exact) mass is 715 g/mol. The van der Waals surface area contributed by atoms with Crippen molar-refractivity contribution in [2.75, 3.05) is 54.1 Å². The van der Waals surface area contributed by atoms with E-state index < -0.39 is 12.1 Å². The zero-order chi connectivity index (χ0) is 37.6. The van der Waals surface area contributed by atoms with Crippen molar-refractivity contribution in [2.24, 2.45) is 0 Å². The molecule has 0 saturated carbocycles. The minimum atomic E-state index is -5.08. The third-order valence-corrected chi connectivity index (χ3v) is 7.56. The maximum Gasteiger partial charge on any atom is 0.490 e. The van der Waals surface area contributed by atoms with Crippen LogP contribution < -0.4 is 15.4 Å². The van der Waals surface area contributed by atoms with Crippen LogP contribution in [0.1, 0.15) is 49.3 Å². The van der Waals surface area contributed by atoms with Gasteiger partial charge in [0.15, 0.2) is 5.96 Å². The molecule has 51 heavy (non-hydrogen) atoms. The zero-order valence-electron chi connectivity index (χ0n) is 30.0. The average Bonchev–Trinajstić information content (AvgIpc) is 3.09. The Labute approximate surface area is 299 Å². The molecule has 3 aromatic rings. The molecule has 0 aliphatic heterocycles. The van der Waals surface area contributed by atoms with Crippen molar-refractivity contribution in [3.63, 3.8) is 0 Å². The molecule has 280 valence electrons. The molecule has 3 aromatic carbocycles. The summed E-state index contributed by atoms with van der Waals surface area (Å²) in [7, 11) is 5.92. The number of benzene rings is 3. The summed E-state index contributed by atoms with van der Waals surface area (Å²) in [5, 5.41) is 20.6. The average molecular weight is 716 g/mol. The van der Waals surface area contributed by atoms with E-state index in [2.05, 4.69) is 108 Å². The number of hydrogen-bond acceptors (Lipinski definition) is 7. The Bertz CT molecular complexity index is 1470. The topological polar surface area (TPSA) is 127 Å². The fourth-order valence-corrected chi connectivity index (χ4v) is 4.80. The number of nitrogens with zero attached hydrogens (tertiary/aromatic N) is 2. The van der Waals surface area contributed by atoms with Crippen LogP contribution in [0.3, 0.4) is 0 Å². The molecule has 0 radical (unpaired) electrons. The van der Waals surface area contributed by atoms with E-state index in [1.54, 1.807) is 7.11 Å². The lowest BCUT2D eigenvalue weighted by Gasteiger charge is -2.24. The molecule has 3 rings (SSSR count). The summed E-state index contributed by atoms with van der Waals surface area (Å²) in [5.74, 6) is -2.07. The molecule has 0 spiro atoms. The Morgan fingerprint density at radius 3 is 2.10 bits per heavy atom. The van der Waals surface area contributed by atoms with Gasteiger partial charge in [-0.25, -0.2) is 4.79 Å². The van der Waals surface area contributed by atoms with E-state index in [1.165, 1.54) is 11.1 Å². The second kappa shape index (κ2) is 23.1. The fourth-order valence-electron chi connectivity index (χ4n) is 4.80. The van der Waals surface area contributed by atoms with Crippen LogP contribution in [0, 0.1) is 5.41 Å². The number of aryl methyl sites for hydroxylation is 1. The molecule has 0 fully saturated rings. The number of amides is 1. The predicted octanol–water partition coefficient (Wildman–Crippen LogP) is 6.34. The third-order valence-electron chi connectivity index (χ3n) is 7.56. The van der Waals surface area contributed by atoms with Crippen LogP contribution in [-0.2, 0) is 33.8 Å². The summed E-state index contributed by atoms with van der Waals surface area (Å²) in [6.45, 7) is 7.72. The number of carbonyl (C=O) groups excluding carboxylic acids is 1. The number of alkyl halides is 3. The van der Waals surface area contributed by atoms with Crippen LogP contribution in [0.5, 0.6) is 5.75 Å². The molecule has 0 aliphatic carbocycles. The number of carboxylic acids is 1. The van der Waals surface area contributed by atoms with E-state index in [1.807, 2.05) is 6.07 Å². The number of carboxylic acid groups (broad SMARTS) is 1. The van der Waals surface area contributed by atoms with Gasteiger partial charge in [0.25, 0.3) is 0 Å². The van der Waals surface area contributed by atoms with Gasteiger partial charge in [0.2, 0.25) is 5.91 Å². The van der Waals surface area contributed by atoms with Gasteiger partial charge in [-0.15, -0.1) is 0 Å². The smallest absolute Gasteiger partial charge is 0.490 e. The van der Waals surface area contributed by atoms with Crippen molar-refractivity contribution < 1.29 is 37.3 Å². The van der Waals surface area contributed by atoms with Crippen molar-refractivity contribution in [2.45, 2.75) is 58.3 Å². The van der Waals surface area contributed by atoms with Gasteiger partial charge < -0.3 is 24.8 Å². The first kappa shape index (κ1) is 42.7. The number of halogens is 3. The lowest BCUT2D eigenvalue weighted by molar-refractivity contribution is -0.192. The summed E-state index contributed by atoms with van der Waals surface area (Å²) in [6, 6.07) is 25.6. The molecular weight excluding hydrogens is 663 g/mol. The molecule has 0 saturated heterocycles. The van der Waals surface area contributed by atoms with Crippen molar-refractivity contribution in [3.05, 3.63) is 89.5 Å². The maximum absolute atomic E-state index is 12.4. The lowest BCUT2D eigenvalue weighted by atomic mass is 9.99. The van der Waals surface area contributed by atoms with Crippen LogP contribution in [0.4, 0.5) is 13.2 Å². The van der Waals surface area contributed by atoms with Gasteiger partial charge in [-0.05, 0) is 55.3 Å². The van der Waals surface area contributed by atoms with Crippen molar-refractivity contribution in [1.29, 1.82) is 5.41 Å². The highest BCUT2D eigenvalue weighted by molar-refractivity contribution is 5.95. The van der Waals surface area contributed by atoms with Crippen LogP contribution in [0.25, 0.3) is 11.1 Å². The van der Waals surface area contributed by atoms with E-state index in [0.717, 1.165) is 67.9 Å². The van der Waals surface area contributed by atoms with Gasteiger partial charge in [-0.1, -0.05) is 80.1 Å². The van der Waals surface area contributed by atoms with Crippen LogP contribution >= 0.6 is 0 Å². The summed E-state index contributed by atoms with van der Waals surface area (Å²) < 4.78 is 43.2. The van der Waals surface area contributed by atoms with Gasteiger partial charge in [0.05, 0.1) is 6.61 Å². The Morgan fingerprint density at radius 2 is 1.51 bits per heavy atom. The number of rotatable bonds is 19. The molecule has 0 heterocycles. The highest BCUT2D eigenvalue weighted by atomic mass is 19.4. The zero-order valence-corrected chi connectivity index (χ0v) is 30.0. The van der Waals surface area contributed by atoms with Gasteiger partial charge >= 0.3 is 12.1 Å². The van der Waals surface area contributed by atoms with E-state index in [9.17, 15) is 18.0 Å². The summed E-state index contributed by atoms with van der Waals surface area (Å²) in [6.07, 6.45) is -1.44. The number of aliphatic carboxylic acids is 1. The first-order chi connectivity index (χ1) is 24.3. The van der Waals surface area contributed by atoms with E-state index in [0.29, 0.717) is 32.6 Å². The molecule has 10 nitrogen and oxygen atoms in total. The molecule has 0 unspecified atom stereocenters. The van der Waals surface area contributed by atoms with E-state index in [-0.39, 0.29) is 11.9 Å². The fraction of sp³-hybridized carbons (Fsp3) is 0.447. The SMILES string of the molecule is CCCCNC(=N)NC(=O)CCc1ccc(-c2ccc(CN(CCN(C)C)Cc3ccccc3)cc2)c(OCCCOC)c1.O=C(O)C(F)(F)F. The number of methoxy groups -OCH3 is 1. The summed E-state index contributed by atoms with van der Waals surface area (Å²) in [4.78, 5) is 26.0. The normalized spacial score (nSPS) is 11.2.